The van der Waals surface area contributed by atoms with Crippen LogP contribution in [0.4, 0.5) is 0 Å². The van der Waals surface area contributed by atoms with E-state index in [2.05, 4.69) is 0 Å². The molecule has 5 nitrogen and oxygen atoms in total. The number of hydrogen-bond acceptors (Lipinski definition) is 4. The number of phenols is 1. The molecule has 5 heteroatoms. The SMILES string of the molecule is CCOC(=O)CCN(C)C(=O)c1ccc(O)cc1C. The van der Waals surface area contributed by atoms with Crippen LogP contribution in [0.1, 0.15) is 29.3 Å². The first-order valence-corrected chi connectivity index (χ1v) is 6.16. The van der Waals surface area contributed by atoms with E-state index in [9.17, 15) is 14.7 Å². The van der Waals surface area contributed by atoms with E-state index >= 15 is 0 Å². The lowest BCUT2D eigenvalue weighted by Crippen LogP contribution is -2.29. The molecule has 0 spiro atoms. The van der Waals surface area contributed by atoms with E-state index in [1.165, 1.54) is 17.0 Å². The van der Waals surface area contributed by atoms with Gasteiger partial charge in [-0.3, -0.25) is 9.59 Å². The lowest BCUT2D eigenvalue weighted by Gasteiger charge is -2.18. The van der Waals surface area contributed by atoms with Crippen molar-refractivity contribution < 1.29 is 19.4 Å². The Labute approximate surface area is 112 Å². The molecule has 104 valence electrons. The summed E-state index contributed by atoms with van der Waals surface area (Å²) in [6.07, 6.45) is 0.174. The van der Waals surface area contributed by atoms with Crippen LogP contribution in [0.5, 0.6) is 5.75 Å². The number of benzene rings is 1. The second kappa shape index (κ2) is 6.78. The van der Waals surface area contributed by atoms with Crippen LogP contribution in [0.3, 0.4) is 0 Å². The molecule has 0 aromatic heterocycles. The smallest absolute Gasteiger partial charge is 0.307 e. The highest BCUT2D eigenvalue weighted by atomic mass is 16.5. The molecule has 0 radical (unpaired) electrons. The van der Waals surface area contributed by atoms with Crippen molar-refractivity contribution in [3.8, 4) is 5.75 Å². The molecule has 0 saturated heterocycles. The Balaban J connectivity index is 2.64. The molecule has 1 aromatic carbocycles. The van der Waals surface area contributed by atoms with Crippen molar-refractivity contribution in [3.05, 3.63) is 29.3 Å². The minimum Gasteiger partial charge on any atom is -0.508 e. The fourth-order valence-corrected chi connectivity index (χ4v) is 1.69. The van der Waals surface area contributed by atoms with Gasteiger partial charge < -0.3 is 14.7 Å². The van der Waals surface area contributed by atoms with E-state index in [0.717, 1.165) is 0 Å². The third-order valence-corrected chi connectivity index (χ3v) is 2.74. The zero-order valence-electron chi connectivity index (χ0n) is 11.5. The summed E-state index contributed by atoms with van der Waals surface area (Å²) >= 11 is 0. The summed E-state index contributed by atoms with van der Waals surface area (Å²) in [6.45, 7) is 4.14. The van der Waals surface area contributed by atoms with E-state index < -0.39 is 0 Å². The third kappa shape index (κ3) is 4.28. The summed E-state index contributed by atoms with van der Waals surface area (Å²) in [6, 6.07) is 4.58. The molecule has 0 unspecified atom stereocenters. The van der Waals surface area contributed by atoms with Gasteiger partial charge in [0.2, 0.25) is 0 Å². The van der Waals surface area contributed by atoms with E-state index in [1.54, 1.807) is 27.0 Å². The van der Waals surface area contributed by atoms with Crippen molar-refractivity contribution in [2.75, 3.05) is 20.2 Å². The van der Waals surface area contributed by atoms with Crippen LogP contribution >= 0.6 is 0 Å². The summed E-state index contributed by atoms with van der Waals surface area (Å²) in [4.78, 5) is 24.8. The van der Waals surface area contributed by atoms with Gasteiger partial charge in [-0.1, -0.05) is 0 Å². The molecule has 0 heterocycles. The Hall–Kier alpha value is -2.04. The van der Waals surface area contributed by atoms with Crippen LogP contribution in [0.2, 0.25) is 0 Å². The number of aromatic hydroxyl groups is 1. The number of nitrogens with zero attached hydrogens (tertiary/aromatic N) is 1. The van der Waals surface area contributed by atoms with Crippen LogP contribution in [-0.2, 0) is 9.53 Å². The van der Waals surface area contributed by atoms with Crippen molar-refractivity contribution >= 4 is 11.9 Å². The normalized spacial score (nSPS) is 10.1. The summed E-state index contributed by atoms with van der Waals surface area (Å²) in [5.41, 5.74) is 1.22. The summed E-state index contributed by atoms with van der Waals surface area (Å²) < 4.78 is 4.81. The van der Waals surface area contributed by atoms with Crippen LogP contribution in [-0.4, -0.2) is 42.1 Å². The quantitative estimate of drug-likeness (QED) is 0.823. The van der Waals surface area contributed by atoms with Crippen molar-refractivity contribution in [1.82, 2.24) is 4.90 Å². The Bertz CT molecular complexity index is 471. The fraction of sp³-hybridized carbons (Fsp3) is 0.429. The van der Waals surface area contributed by atoms with Gasteiger partial charge in [-0.05, 0) is 37.6 Å². The maximum atomic E-state index is 12.1. The van der Waals surface area contributed by atoms with Crippen molar-refractivity contribution in [3.63, 3.8) is 0 Å². The van der Waals surface area contributed by atoms with Gasteiger partial charge >= 0.3 is 5.97 Å². The maximum Gasteiger partial charge on any atom is 0.307 e. The molecule has 0 aliphatic rings. The van der Waals surface area contributed by atoms with Gasteiger partial charge in [-0.25, -0.2) is 0 Å². The molecule has 1 amide bonds. The van der Waals surface area contributed by atoms with Crippen molar-refractivity contribution in [2.24, 2.45) is 0 Å². The molecule has 1 aromatic rings. The Morgan fingerprint density at radius 1 is 1.37 bits per heavy atom. The van der Waals surface area contributed by atoms with Crippen LogP contribution in [0, 0.1) is 6.92 Å². The van der Waals surface area contributed by atoms with Crippen molar-refractivity contribution in [2.45, 2.75) is 20.3 Å². The van der Waals surface area contributed by atoms with Crippen molar-refractivity contribution in [1.29, 1.82) is 0 Å². The number of hydrogen-bond donors (Lipinski definition) is 1. The lowest BCUT2D eigenvalue weighted by molar-refractivity contribution is -0.143. The first-order valence-electron chi connectivity index (χ1n) is 6.16. The van der Waals surface area contributed by atoms with Gasteiger partial charge in [-0.15, -0.1) is 0 Å². The second-order valence-corrected chi connectivity index (χ2v) is 4.28. The number of ether oxygens (including phenoxy) is 1. The number of carbonyl (C=O) groups is 2. The molecule has 0 saturated carbocycles. The largest absolute Gasteiger partial charge is 0.508 e. The second-order valence-electron chi connectivity index (χ2n) is 4.28. The van der Waals surface area contributed by atoms with Gasteiger partial charge in [0, 0.05) is 19.2 Å². The third-order valence-electron chi connectivity index (χ3n) is 2.74. The minimum atomic E-state index is -0.315. The molecule has 0 atom stereocenters. The molecular formula is C14H19NO4. The number of phenolic OH excluding ortho intramolecular Hbond substituents is 1. The van der Waals surface area contributed by atoms with Gasteiger partial charge in [0.25, 0.3) is 5.91 Å². The number of amides is 1. The highest BCUT2D eigenvalue weighted by Gasteiger charge is 2.15. The molecule has 0 bridgehead atoms. The highest BCUT2D eigenvalue weighted by molar-refractivity contribution is 5.95. The Morgan fingerprint density at radius 3 is 2.63 bits per heavy atom. The monoisotopic (exact) mass is 265 g/mol. The molecule has 0 fully saturated rings. The number of rotatable bonds is 5. The molecule has 1 rings (SSSR count). The van der Waals surface area contributed by atoms with E-state index in [4.69, 9.17) is 4.74 Å². The lowest BCUT2D eigenvalue weighted by atomic mass is 10.1. The zero-order valence-corrected chi connectivity index (χ0v) is 11.5. The van der Waals surface area contributed by atoms with E-state index in [0.29, 0.717) is 24.3 Å². The van der Waals surface area contributed by atoms with Gasteiger partial charge in [0.05, 0.1) is 13.0 Å². The Kier molecular flexibility index (Phi) is 5.36. The van der Waals surface area contributed by atoms with Crippen LogP contribution in [0.25, 0.3) is 0 Å². The number of aryl methyl sites for hydroxylation is 1. The predicted molar refractivity (Wildman–Crippen MR) is 71.1 cm³/mol. The van der Waals surface area contributed by atoms with Crippen LogP contribution < -0.4 is 0 Å². The predicted octanol–water partition coefficient (Wildman–Crippen LogP) is 1.73. The minimum absolute atomic E-state index is 0.128. The average molecular weight is 265 g/mol. The van der Waals surface area contributed by atoms with E-state index in [-0.39, 0.29) is 24.0 Å². The van der Waals surface area contributed by atoms with Crippen LogP contribution in [0.15, 0.2) is 18.2 Å². The zero-order chi connectivity index (χ0) is 14.4. The first kappa shape index (κ1) is 15.0. The number of carbonyl (C=O) groups excluding carboxylic acids is 2. The highest BCUT2D eigenvalue weighted by Crippen LogP contribution is 2.17. The summed E-state index contributed by atoms with van der Waals surface area (Å²) in [7, 11) is 1.63. The molecule has 19 heavy (non-hydrogen) atoms. The van der Waals surface area contributed by atoms with E-state index in [1.807, 2.05) is 0 Å². The summed E-state index contributed by atoms with van der Waals surface area (Å²) in [5, 5.41) is 9.31. The molecule has 0 aliphatic heterocycles. The molecule has 1 N–H and O–H groups in total. The topological polar surface area (TPSA) is 66.8 Å². The molecule has 0 aliphatic carbocycles. The van der Waals surface area contributed by atoms with Gasteiger partial charge in [0.1, 0.15) is 5.75 Å². The van der Waals surface area contributed by atoms with Gasteiger partial charge in [-0.2, -0.15) is 0 Å². The van der Waals surface area contributed by atoms with Gasteiger partial charge in [0.15, 0.2) is 0 Å². The summed E-state index contributed by atoms with van der Waals surface area (Å²) in [5.74, 6) is -0.366. The maximum absolute atomic E-state index is 12.1. The molecular weight excluding hydrogens is 246 g/mol. The first-order chi connectivity index (χ1) is 8.95. The number of esters is 1. The fourth-order valence-electron chi connectivity index (χ4n) is 1.69. The average Bonchev–Trinajstić information content (AvgIpc) is 2.35. The standard InChI is InChI=1S/C14H19NO4/c1-4-19-13(17)7-8-15(3)14(18)12-6-5-11(16)9-10(12)2/h5-6,9,16H,4,7-8H2,1-3H3. The Morgan fingerprint density at radius 2 is 2.05 bits per heavy atom.